The summed E-state index contributed by atoms with van der Waals surface area (Å²) in [6, 6.07) is 19.4. The topological polar surface area (TPSA) is 47.6 Å². The molecule has 0 unspecified atom stereocenters. The lowest BCUT2D eigenvalue weighted by molar-refractivity contribution is -0.111. The Morgan fingerprint density at radius 1 is 1.04 bits per heavy atom. The lowest BCUT2D eigenvalue weighted by atomic mass is 10.1. The molecule has 0 saturated carbocycles. The molecule has 0 atom stereocenters. The van der Waals surface area contributed by atoms with E-state index in [4.69, 9.17) is 9.47 Å². The first-order valence-corrected chi connectivity index (χ1v) is 8.99. The predicted molar refractivity (Wildman–Crippen MR) is 110 cm³/mol. The summed E-state index contributed by atoms with van der Waals surface area (Å²) in [6.45, 7) is 2.69. The van der Waals surface area contributed by atoms with Crippen LogP contribution in [0.1, 0.15) is 18.9 Å². The van der Waals surface area contributed by atoms with Crippen LogP contribution in [0.5, 0.6) is 11.5 Å². The number of hydrogen-bond donors (Lipinski definition) is 1. The zero-order chi connectivity index (χ0) is 19.1. The first kappa shape index (κ1) is 18.5. The van der Waals surface area contributed by atoms with E-state index >= 15 is 0 Å². The summed E-state index contributed by atoms with van der Waals surface area (Å²) < 4.78 is 11.0. The van der Waals surface area contributed by atoms with Crippen LogP contribution < -0.4 is 14.8 Å². The summed E-state index contributed by atoms with van der Waals surface area (Å²) in [5, 5.41) is 5.05. The molecular weight excluding hydrogens is 338 g/mol. The number of fused-ring (bicyclic) bond motifs is 1. The number of rotatable bonds is 7. The van der Waals surface area contributed by atoms with E-state index in [1.807, 2.05) is 60.7 Å². The third kappa shape index (κ3) is 4.67. The van der Waals surface area contributed by atoms with Crippen LogP contribution in [0.4, 0.5) is 5.69 Å². The summed E-state index contributed by atoms with van der Waals surface area (Å²) in [6.07, 6.45) is 4.20. The van der Waals surface area contributed by atoms with Gasteiger partial charge in [0.05, 0.1) is 13.7 Å². The molecule has 0 aromatic heterocycles. The van der Waals surface area contributed by atoms with Gasteiger partial charge in [0, 0.05) is 17.1 Å². The van der Waals surface area contributed by atoms with Crippen LogP contribution in [0.3, 0.4) is 0 Å². The largest absolute Gasteiger partial charge is 0.493 e. The van der Waals surface area contributed by atoms with E-state index in [1.54, 1.807) is 13.2 Å². The van der Waals surface area contributed by atoms with Crippen molar-refractivity contribution in [2.75, 3.05) is 19.0 Å². The Bertz CT molecular complexity index is 957. The highest BCUT2D eigenvalue weighted by molar-refractivity contribution is 6.07. The van der Waals surface area contributed by atoms with Crippen molar-refractivity contribution >= 4 is 28.4 Å². The molecule has 3 rings (SSSR count). The Morgan fingerprint density at radius 3 is 2.67 bits per heavy atom. The maximum atomic E-state index is 12.3. The summed E-state index contributed by atoms with van der Waals surface area (Å²) in [7, 11) is 1.61. The number of hydrogen-bond acceptors (Lipinski definition) is 3. The van der Waals surface area contributed by atoms with Gasteiger partial charge in [0.25, 0.3) is 0 Å². The van der Waals surface area contributed by atoms with Gasteiger partial charge in [-0.3, -0.25) is 4.79 Å². The zero-order valence-electron chi connectivity index (χ0n) is 15.6. The van der Waals surface area contributed by atoms with Crippen LogP contribution in [0.25, 0.3) is 16.8 Å². The predicted octanol–water partition coefficient (Wildman–Crippen LogP) is 5.29. The molecule has 27 heavy (non-hydrogen) atoms. The number of anilines is 1. The summed E-state index contributed by atoms with van der Waals surface area (Å²) >= 11 is 0. The average Bonchev–Trinajstić information content (AvgIpc) is 2.71. The van der Waals surface area contributed by atoms with Crippen LogP contribution in [0.2, 0.25) is 0 Å². The Balaban J connectivity index is 1.72. The summed E-state index contributed by atoms with van der Waals surface area (Å²) in [4.78, 5) is 12.3. The van der Waals surface area contributed by atoms with Crippen molar-refractivity contribution in [1.29, 1.82) is 0 Å². The molecular formula is C23H23NO3. The van der Waals surface area contributed by atoms with Gasteiger partial charge in [-0.1, -0.05) is 49.4 Å². The van der Waals surface area contributed by atoms with E-state index in [0.29, 0.717) is 18.1 Å². The van der Waals surface area contributed by atoms with Crippen molar-refractivity contribution in [2.24, 2.45) is 0 Å². The fourth-order valence-corrected chi connectivity index (χ4v) is 2.80. The number of benzene rings is 3. The van der Waals surface area contributed by atoms with Gasteiger partial charge in [0.15, 0.2) is 11.5 Å². The molecule has 4 heteroatoms. The van der Waals surface area contributed by atoms with Gasteiger partial charge in [-0.2, -0.15) is 0 Å². The monoisotopic (exact) mass is 361 g/mol. The minimum Gasteiger partial charge on any atom is -0.493 e. The van der Waals surface area contributed by atoms with Crippen molar-refractivity contribution in [3.05, 3.63) is 72.3 Å². The Hall–Kier alpha value is -3.27. The average molecular weight is 361 g/mol. The van der Waals surface area contributed by atoms with Crippen molar-refractivity contribution in [3.8, 4) is 11.5 Å². The van der Waals surface area contributed by atoms with Crippen LogP contribution in [0.15, 0.2) is 66.7 Å². The molecule has 0 fully saturated rings. The maximum absolute atomic E-state index is 12.3. The first-order valence-electron chi connectivity index (χ1n) is 8.99. The lowest BCUT2D eigenvalue weighted by Crippen LogP contribution is -2.08. The molecule has 0 saturated heterocycles. The van der Waals surface area contributed by atoms with Crippen LogP contribution in [0, 0.1) is 0 Å². The SMILES string of the molecule is CCCOc1ccc(C=CC(=O)Nc2cccc3ccccc23)cc1OC. The molecule has 0 aliphatic heterocycles. The van der Waals surface area contributed by atoms with E-state index in [1.165, 1.54) is 6.08 Å². The van der Waals surface area contributed by atoms with Crippen molar-refractivity contribution in [1.82, 2.24) is 0 Å². The van der Waals surface area contributed by atoms with Crippen LogP contribution >= 0.6 is 0 Å². The number of ether oxygens (including phenoxy) is 2. The first-order chi connectivity index (χ1) is 13.2. The molecule has 138 valence electrons. The van der Waals surface area contributed by atoms with E-state index < -0.39 is 0 Å². The van der Waals surface area contributed by atoms with Crippen LogP contribution in [-0.2, 0) is 4.79 Å². The molecule has 4 nitrogen and oxygen atoms in total. The third-order valence-corrected chi connectivity index (χ3v) is 4.12. The molecule has 3 aromatic carbocycles. The van der Waals surface area contributed by atoms with Gasteiger partial charge >= 0.3 is 0 Å². The van der Waals surface area contributed by atoms with Crippen molar-refractivity contribution < 1.29 is 14.3 Å². The van der Waals surface area contributed by atoms with Gasteiger partial charge in [-0.25, -0.2) is 0 Å². The molecule has 0 spiro atoms. The number of carbonyl (C=O) groups is 1. The second-order valence-corrected chi connectivity index (χ2v) is 6.11. The Morgan fingerprint density at radius 2 is 1.85 bits per heavy atom. The quantitative estimate of drug-likeness (QED) is 0.582. The Labute approximate surface area is 159 Å². The molecule has 1 N–H and O–H groups in total. The highest BCUT2D eigenvalue weighted by atomic mass is 16.5. The zero-order valence-corrected chi connectivity index (χ0v) is 15.6. The molecule has 1 amide bonds. The fraction of sp³-hybridized carbons (Fsp3) is 0.174. The smallest absolute Gasteiger partial charge is 0.248 e. The number of carbonyl (C=O) groups excluding carboxylic acids is 1. The lowest BCUT2D eigenvalue weighted by Gasteiger charge is -2.10. The number of amides is 1. The molecule has 0 aliphatic rings. The summed E-state index contributed by atoms with van der Waals surface area (Å²) in [5.41, 5.74) is 1.66. The van der Waals surface area contributed by atoms with Crippen molar-refractivity contribution in [3.63, 3.8) is 0 Å². The van der Waals surface area contributed by atoms with Gasteiger partial charge in [0.1, 0.15) is 0 Å². The second-order valence-electron chi connectivity index (χ2n) is 6.11. The van der Waals surface area contributed by atoms with E-state index in [-0.39, 0.29) is 5.91 Å². The number of methoxy groups -OCH3 is 1. The maximum Gasteiger partial charge on any atom is 0.248 e. The van der Waals surface area contributed by atoms with E-state index in [0.717, 1.165) is 28.4 Å². The second kappa shape index (κ2) is 8.90. The van der Waals surface area contributed by atoms with E-state index in [9.17, 15) is 4.79 Å². The normalized spacial score (nSPS) is 10.9. The molecule has 0 bridgehead atoms. The highest BCUT2D eigenvalue weighted by Crippen LogP contribution is 2.29. The molecule has 0 radical (unpaired) electrons. The molecule has 0 aliphatic carbocycles. The van der Waals surface area contributed by atoms with Gasteiger partial charge in [0.2, 0.25) is 5.91 Å². The van der Waals surface area contributed by atoms with Crippen LogP contribution in [-0.4, -0.2) is 19.6 Å². The standard InChI is InChI=1S/C23H23NO3/c1-3-15-27-21-13-11-17(16-22(21)26-2)12-14-23(25)24-20-10-6-8-18-7-4-5-9-19(18)20/h4-14,16H,3,15H2,1-2H3,(H,24,25). The van der Waals surface area contributed by atoms with Gasteiger partial charge in [-0.05, 0) is 41.6 Å². The molecule has 0 heterocycles. The summed E-state index contributed by atoms with van der Waals surface area (Å²) in [5.74, 6) is 1.17. The minimum atomic E-state index is -0.184. The highest BCUT2D eigenvalue weighted by Gasteiger charge is 2.06. The Kier molecular flexibility index (Phi) is 6.10. The number of nitrogens with one attached hydrogen (secondary N) is 1. The molecule has 3 aromatic rings. The van der Waals surface area contributed by atoms with Crippen molar-refractivity contribution in [2.45, 2.75) is 13.3 Å². The van der Waals surface area contributed by atoms with Gasteiger partial charge < -0.3 is 14.8 Å². The van der Waals surface area contributed by atoms with Gasteiger partial charge in [-0.15, -0.1) is 0 Å². The van der Waals surface area contributed by atoms with E-state index in [2.05, 4.69) is 12.2 Å². The third-order valence-electron chi connectivity index (χ3n) is 4.12. The fourth-order valence-electron chi connectivity index (χ4n) is 2.80. The minimum absolute atomic E-state index is 0.184.